The van der Waals surface area contributed by atoms with E-state index in [1.165, 1.54) is 6.42 Å². The highest BCUT2D eigenvalue weighted by Gasteiger charge is 2.42. The Bertz CT molecular complexity index is 245. The van der Waals surface area contributed by atoms with Crippen LogP contribution in [0.15, 0.2) is 18.7 Å². The standard InChI is InChI=1S/C6H10N2.CHF3NS/c1-2-4-8-5-3-7-6-8;2-1(3,4)6-5/h3,5-6H,2,4H2,1H3;5H/q;+1. The van der Waals surface area contributed by atoms with Crippen LogP contribution in [0.25, 0.3) is 0 Å². The lowest BCUT2D eigenvalue weighted by Gasteiger charge is -1.93. The first kappa shape index (κ1) is 13.0. The second kappa shape index (κ2) is 6.47. The number of nitrogens with one attached hydrogen (secondary N) is 1. The summed E-state index contributed by atoms with van der Waals surface area (Å²) in [5.74, 6) is 0. The summed E-state index contributed by atoms with van der Waals surface area (Å²) in [7, 11) is 0. The Morgan fingerprint density at radius 2 is 2.07 bits per heavy atom. The largest absolute Gasteiger partial charge is 0.673 e. The maximum absolute atomic E-state index is 10.6. The smallest absolute Gasteiger partial charge is 0.338 e. The first-order valence-corrected chi connectivity index (χ1v) is 4.68. The first-order chi connectivity index (χ1) is 6.49. The number of aryl methyl sites for hydroxylation is 1. The molecule has 1 heterocycles. The van der Waals surface area contributed by atoms with Gasteiger partial charge in [0.1, 0.15) is 0 Å². The van der Waals surface area contributed by atoms with Crippen molar-refractivity contribution in [2.45, 2.75) is 25.4 Å². The maximum atomic E-state index is 10.6. The summed E-state index contributed by atoms with van der Waals surface area (Å²) in [6.45, 7) is 3.24. The Hall–Kier alpha value is -0.980. The number of aromatic nitrogens is 2. The third-order valence-electron chi connectivity index (χ3n) is 1.16. The van der Waals surface area contributed by atoms with Crippen LogP contribution in [-0.2, 0) is 18.1 Å². The fourth-order valence-corrected chi connectivity index (χ4v) is 0.677. The van der Waals surface area contributed by atoms with Crippen molar-refractivity contribution in [1.82, 2.24) is 9.55 Å². The van der Waals surface area contributed by atoms with Gasteiger partial charge in [0.25, 0.3) is 0 Å². The van der Waals surface area contributed by atoms with Crippen LogP contribution in [-0.4, -0.2) is 15.1 Å². The summed E-state index contributed by atoms with van der Waals surface area (Å²) >= 11 is -0.868. The maximum Gasteiger partial charge on any atom is 0.673 e. The van der Waals surface area contributed by atoms with Crippen LogP contribution in [0.4, 0.5) is 13.2 Å². The molecule has 0 atom stereocenters. The van der Waals surface area contributed by atoms with E-state index in [-0.39, 0.29) is 0 Å². The molecular weight excluding hydrogens is 215 g/mol. The zero-order chi connectivity index (χ0) is 11.0. The minimum absolute atomic E-state index is 0.868. The molecule has 1 aromatic rings. The van der Waals surface area contributed by atoms with Crippen LogP contribution >= 0.6 is 0 Å². The molecule has 3 nitrogen and oxygen atoms in total. The second-order valence-electron chi connectivity index (χ2n) is 2.35. The average Bonchev–Trinajstić information content (AvgIpc) is 2.58. The highest BCUT2D eigenvalue weighted by atomic mass is 32.1. The summed E-state index contributed by atoms with van der Waals surface area (Å²) in [5.41, 5.74) is -4.38. The van der Waals surface area contributed by atoms with Crippen molar-refractivity contribution in [2.24, 2.45) is 0 Å². The summed E-state index contributed by atoms with van der Waals surface area (Å²) in [5, 5.41) is 0. The molecule has 0 fully saturated rings. The molecule has 1 aromatic heterocycles. The van der Waals surface area contributed by atoms with E-state index in [0.29, 0.717) is 0 Å². The molecule has 1 N–H and O–H groups in total. The van der Waals surface area contributed by atoms with Crippen LogP contribution in [0.1, 0.15) is 13.3 Å². The number of hydrogen-bond acceptors (Lipinski definition) is 2. The van der Waals surface area contributed by atoms with Crippen molar-refractivity contribution < 1.29 is 13.2 Å². The lowest BCUT2D eigenvalue weighted by molar-refractivity contribution is -0.0332. The third kappa shape index (κ3) is 7.66. The Kier molecular flexibility index (Phi) is 6.02. The van der Waals surface area contributed by atoms with Gasteiger partial charge in [0, 0.05) is 18.9 Å². The molecule has 0 aliphatic carbocycles. The van der Waals surface area contributed by atoms with Crippen LogP contribution < -0.4 is 0 Å². The van der Waals surface area contributed by atoms with Crippen molar-refractivity contribution in [2.75, 3.05) is 0 Å². The topological polar surface area (TPSA) is 41.7 Å². The first-order valence-electron chi connectivity index (χ1n) is 3.86. The van der Waals surface area contributed by atoms with E-state index in [9.17, 15) is 13.2 Å². The van der Waals surface area contributed by atoms with Crippen LogP contribution in [0.2, 0.25) is 0 Å². The fraction of sp³-hybridized carbons (Fsp3) is 0.571. The summed E-state index contributed by atoms with van der Waals surface area (Å²) in [6, 6.07) is 0. The van der Waals surface area contributed by atoms with E-state index in [4.69, 9.17) is 4.78 Å². The monoisotopic (exact) mass is 226 g/mol. The van der Waals surface area contributed by atoms with E-state index in [0.717, 1.165) is 6.54 Å². The predicted octanol–water partition coefficient (Wildman–Crippen LogP) is 2.64. The quantitative estimate of drug-likeness (QED) is 0.774. The number of halogens is 3. The van der Waals surface area contributed by atoms with Crippen molar-refractivity contribution in [3.8, 4) is 0 Å². The number of rotatable bonds is 2. The van der Waals surface area contributed by atoms with Crippen LogP contribution in [0.3, 0.4) is 0 Å². The van der Waals surface area contributed by atoms with Gasteiger partial charge in [-0.1, -0.05) is 6.92 Å². The molecule has 1 rings (SSSR count). The Balaban J connectivity index is 0.000000255. The highest BCUT2D eigenvalue weighted by molar-refractivity contribution is 7.67. The molecule has 0 bridgehead atoms. The molecular formula is C7H11F3N3S+. The van der Waals surface area contributed by atoms with Gasteiger partial charge in [0.15, 0.2) is 0 Å². The zero-order valence-corrected chi connectivity index (χ0v) is 8.40. The Morgan fingerprint density at radius 3 is 2.36 bits per heavy atom. The number of hydrogen-bond donors (Lipinski definition) is 1. The summed E-state index contributed by atoms with van der Waals surface area (Å²) in [4.78, 5) is 3.90. The van der Waals surface area contributed by atoms with Crippen LogP contribution in [0, 0.1) is 4.78 Å². The molecule has 7 heteroatoms. The molecule has 0 saturated heterocycles. The van der Waals surface area contributed by atoms with Crippen molar-refractivity contribution >= 4 is 11.6 Å². The minimum atomic E-state index is -4.38. The van der Waals surface area contributed by atoms with Gasteiger partial charge in [0.2, 0.25) is 0 Å². The molecule has 0 aliphatic heterocycles. The van der Waals surface area contributed by atoms with Gasteiger partial charge in [-0.25, -0.2) is 4.98 Å². The highest BCUT2D eigenvalue weighted by Crippen LogP contribution is 2.11. The van der Waals surface area contributed by atoms with Gasteiger partial charge in [-0.3, -0.25) is 0 Å². The van der Waals surface area contributed by atoms with Gasteiger partial charge in [0.05, 0.1) is 6.33 Å². The Morgan fingerprint density at radius 1 is 1.50 bits per heavy atom. The molecule has 0 unspecified atom stereocenters. The van der Waals surface area contributed by atoms with Crippen molar-refractivity contribution in [3.63, 3.8) is 0 Å². The van der Waals surface area contributed by atoms with Gasteiger partial charge in [-0.2, -0.15) is 0 Å². The minimum Gasteiger partial charge on any atom is -0.338 e. The number of nitrogens with zero attached hydrogens (tertiary/aromatic N) is 2. The van der Waals surface area contributed by atoms with Gasteiger partial charge >= 0.3 is 17.1 Å². The molecule has 0 radical (unpaired) electrons. The molecule has 80 valence electrons. The summed E-state index contributed by atoms with van der Waals surface area (Å²) < 4.78 is 39.4. The molecule has 14 heavy (non-hydrogen) atoms. The number of alkyl halides is 3. The van der Waals surface area contributed by atoms with E-state index in [2.05, 4.69) is 16.5 Å². The second-order valence-corrected chi connectivity index (χ2v) is 3.02. The Labute approximate surface area is 83.9 Å². The molecule has 0 spiro atoms. The fourth-order valence-electron chi connectivity index (χ4n) is 0.677. The molecule has 0 amide bonds. The summed E-state index contributed by atoms with van der Waals surface area (Å²) in [6.07, 6.45) is 6.79. The van der Waals surface area contributed by atoms with Gasteiger partial charge < -0.3 is 4.57 Å². The third-order valence-corrected chi connectivity index (χ3v) is 1.39. The van der Waals surface area contributed by atoms with E-state index < -0.39 is 17.1 Å². The van der Waals surface area contributed by atoms with Gasteiger partial charge in [-0.15, -0.1) is 13.2 Å². The predicted molar refractivity (Wildman–Crippen MR) is 48.7 cm³/mol. The normalized spacial score (nSPS) is 10.3. The van der Waals surface area contributed by atoms with Gasteiger partial charge in [-0.05, 0) is 11.2 Å². The van der Waals surface area contributed by atoms with Crippen LogP contribution in [0.5, 0.6) is 0 Å². The molecule has 0 aliphatic rings. The van der Waals surface area contributed by atoms with E-state index in [1.807, 2.05) is 12.5 Å². The molecule has 0 saturated carbocycles. The SMILES string of the molecule is CCCn1ccnc1.N=[S+]C(F)(F)F. The zero-order valence-electron chi connectivity index (χ0n) is 7.58. The van der Waals surface area contributed by atoms with E-state index in [1.54, 1.807) is 6.20 Å². The average molecular weight is 226 g/mol. The lowest BCUT2D eigenvalue weighted by Crippen LogP contribution is -2.01. The molecule has 0 aromatic carbocycles. The van der Waals surface area contributed by atoms with Crippen molar-refractivity contribution in [1.29, 1.82) is 4.78 Å². The van der Waals surface area contributed by atoms with Crippen molar-refractivity contribution in [3.05, 3.63) is 18.7 Å². The van der Waals surface area contributed by atoms with E-state index >= 15 is 0 Å². The lowest BCUT2D eigenvalue weighted by atomic mass is 10.5. The number of imidazole rings is 1.